The van der Waals surface area contributed by atoms with Crippen LogP contribution in [0.2, 0.25) is 5.02 Å². The van der Waals surface area contributed by atoms with Crippen molar-refractivity contribution >= 4 is 17.6 Å². The fraction of sp³-hybridized carbons (Fsp3) is 0.588. The summed E-state index contributed by atoms with van der Waals surface area (Å²) in [5.74, 6) is 0.569. The van der Waals surface area contributed by atoms with E-state index in [0.29, 0.717) is 12.0 Å². The van der Waals surface area contributed by atoms with Gasteiger partial charge in [0.2, 0.25) is 0 Å². The van der Waals surface area contributed by atoms with Crippen LogP contribution < -0.4 is 11.1 Å². The van der Waals surface area contributed by atoms with Crippen molar-refractivity contribution in [2.75, 3.05) is 26.2 Å². The van der Waals surface area contributed by atoms with Crippen molar-refractivity contribution < 1.29 is 0 Å². The third-order valence-electron chi connectivity index (χ3n) is 4.24. The quantitative estimate of drug-likeness (QED) is 0.461. The lowest BCUT2D eigenvalue weighted by Gasteiger charge is -2.20. The molecule has 5 heteroatoms. The molecule has 22 heavy (non-hydrogen) atoms. The maximum absolute atomic E-state index is 5.94. The summed E-state index contributed by atoms with van der Waals surface area (Å²) >= 11 is 5.88. The molecule has 3 N–H and O–H groups in total. The fourth-order valence-electron chi connectivity index (χ4n) is 2.94. The number of likely N-dealkylation sites (N-methyl/N-ethyl adjacent to an activating group) is 1. The van der Waals surface area contributed by atoms with E-state index < -0.39 is 0 Å². The molecular formula is C17H27ClN4. The molecule has 1 unspecified atom stereocenters. The Morgan fingerprint density at radius 2 is 2.18 bits per heavy atom. The Morgan fingerprint density at radius 1 is 1.41 bits per heavy atom. The molecule has 1 aromatic rings. The van der Waals surface area contributed by atoms with Crippen molar-refractivity contribution in [3.05, 3.63) is 34.9 Å². The Bertz CT molecular complexity index is 472. The van der Waals surface area contributed by atoms with Crippen LogP contribution in [0.5, 0.6) is 0 Å². The first-order valence-electron chi connectivity index (χ1n) is 8.21. The number of nitrogens with zero attached hydrogens (tertiary/aromatic N) is 2. The molecule has 0 aromatic heterocycles. The third-order valence-corrected chi connectivity index (χ3v) is 4.49. The van der Waals surface area contributed by atoms with Gasteiger partial charge in [0.25, 0.3) is 0 Å². The molecule has 0 bridgehead atoms. The summed E-state index contributed by atoms with van der Waals surface area (Å²) in [6.45, 7) is 6.17. The number of likely N-dealkylation sites (tertiary alicyclic amines) is 1. The molecule has 1 aliphatic heterocycles. The Kier molecular flexibility index (Phi) is 7.00. The molecule has 2 rings (SSSR count). The molecule has 4 nitrogen and oxygen atoms in total. The molecule has 1 heterocycles. The zero-order valence-electron chi connectivity index (χ0n) is 13.4. The Balaban J connectivity index is 1.63. The SMILES string of the molecule is CCN1CCCC1CN=C(N)NCCCc1ccc(Cl)cc1. The highest BCUT2D eigenvalue weighted by atomic mass is 35.5. The number of nitrogens with two attached hydrogens (primary N) is 1. The molecule has 0 aliphatic carbocycles. The first-order valence-corrected chi connectivity index (χ1v) is 8.59. The van der Waals surface area contributed by atoms with Gasteiger partial charge in [0, 0.05) is 17.6 Å². The highest BCUT2D eigenvalue weighted by Crippen LogP contribution is 2.16. The van der Waals surface area contributed by atoms with Crippen LogP contribution in [0.15, 0.2) is 29.3 Å². The maximum atomic E-state index is 5.94. The van der Waals surface area contributed by atoms with E-state index in [0.717, 1.165) is 37.5 Å². The molecule has 0 saturated carbocycles. The molecule has 1 fully saturated rings. The van der Waals surface area contributed by atoms with Gasteiger partial charge in [-0.25, -0.2) is 0 Å². The van der Waals surface area contributed by atoms with Crippen LogP contribution in [-0.2, 0) is 6.42 Å². The Morgan fingerprint density at radius 3 is 2.91 bits per heavy atom. The summed E-state index contributed by atoms with van der Waals surface area (Å²) in [7, 11) is 0. The van der Waals surface area contributed by atoms with Gasteiger partial charge in [0.15, 0.2) is 5.96 Å². The molecule has 122 valence electrons. The van der Waals surface area contributed by atoms with E-state index in [9.17, 15) is 0 Å². The molecule has 0 radical (unpaired) electrons. The predicted octanol–water partition coefficient (Wildman–Crippen LogP) is 2.66. The predicted molar refractivity (Wildman–Crippen MR) is 94.5 cm³/mol. The first kappa shape index (κ1) is 17.1. The van der Waals surface area contributed by atoms with Crippen molar-refractivity contribution in [3.8, 4) is 0 Å². The topological polar surface area (TPSA) is 53.6 Å². The largest absolute Gasteiger partial charge is 0.370 e. The summed E-state index contributed by atoms with van der Waals surface area (Å²) < 4.78 is 0. The van der Waals surface area contributed by atoms with Crippen molar-refractivity contribution in [1.29, 1.82) is 0 Å². The summed E-state index contributed by atoms with van der Waals surface area (Å²) in [6, 6.07) is 8.57. The number of benzene rings is 1. The average molecular weight is 323 g/mol. The minimum absolute atomic E-state index is 0.569. The van der Waals surface area contributed by atoms with E-state index in [4.69, 9.17) is 17.3 Å². The summed E-state index contributed by atoms with van der Waals surface area (Å²) in [5.41, 5.74) is 7.24. The fourth-order valence-corrected chi connectivity index (χ4v) is 3.06. The minimum Gasteiger partial charge on any atom is -0.370 e. The standard InChI is InChI=1S/C17H27ClN4/c1-2-22-12-4-6-16(22)13-21-17(19)20-11-3-5-14-7-9-15(18)10-8-14/h7-10,16H,2-6,11-13H2,1H3,(H3,19,20,21). The first-order chi connectivity index (χ1) is 10.7. The van der Waals surface area contributed by atoms with Gasteiger partial charge < -0.3 is 11.1 Å². The molecule has 1 atom stereocenters. The van der Waals surface area contributed by atoms with E-state index in [-0.39, 0.29) is 0 Å². The van der Waals surface area contributed by atoms with Crippen LogP contribution in [0, 0.1) is 0 Å². The second-order valence-corrected chi connectivity index (χ2v) is 6.24. The van der Waals surface area contributed by atoms with E-state index in [1.807, 2.05) is 12.1 Å². The summed E-state index contributed by atoms with van der Waals surface area (Å²) in [6.07, 6.45) is 4.57. The lowest BCUT2D eigenvalue weighted by molar-refractivity contribution is 0.273. The number of guanidine groups is 1. The van der Waals surface area contributed by atoms with Gasteiger partial charge in [-0.15, -0.1) is 0 Å². The van der Waals surface area contributed by atoms with Crippen LogP contribution in [0.1, 0.15) is 31.7 Å². The normalized spacial score (nSPS) is 19.5. The van der Waals surface area contributed by atoms with Gasteiger partial charge in [0.05, 0.1) is 6.54 Å². The van der Waals surface area contributed by atoms with Crippen molar-refractivity contribution in [1.82, 2.24) is 10.2 Å². The van der Waals surface area contributed by atoms with Gasteiger partial charge in [-0.2, -0.15) is 0 Å². The molecular weight excluding hydrogens is 296 g/mol. The molecule has 1 saturated heterocycles. The number of aliphatic imine (C=N–C) groups is 1. The van der Waals surface area contributed by atoms with Gasteiger partial charge in [-0.1, -0.05) is 30.7 Å². The minimum atomic E-state index is 0.569. The van der Waals surface area contributed by atoms with Gasteiger partial charge in [0.1, 0.15) is 0 Å². The van der Waals surface area contributed by atoms with E-state index in [2.05, 4.69) is 34.3 Å². The second-order valence-electron chi connectivity index (χ2n) is 5.81. The second kappa shape index (κ2) is 9.01. The van der Waals surface area contributed by atoms with Crippen LogP contribution in [0.4, 0.5) is 0 Å². The van der Waals surface area contributed by atoms with Crippen molar-refractivity contribution in [2.45, 2.75) is 38.6 Å². The Hall–Kier alpha value is -1.26. The number of halogens is 1. The average Bonchev–Trinajstić information content (AvgIpc) is 2.99. The zero-order chi connectivity index (χ0) is 15.8. The van der Waals surface area contributed by atoms with E-state index in [1.54, 1.807) is 0 Å². The van der Waals surface area contributed by atoms with Crippen LogP contribution >= 0.6 is 11.6 Å². The summed E-state index contributed by atoms with van der Waals surface area (Å²) in [5, 5.41) is 3.99. The van der Waals surface area contributed by atoms with Crippen molar-refractivity contribution in [2.24, 2.45) is 10.7 Å². The molecule has 0 spiro atoms. The number of aryl methyl sites for hydroxylation is 1. The monoisotopic (exact) mass is 322 g/mol. The number of hydrogen-bond donors (Lipinski definition) is 2. The van der Waals surface area contributed by atoms with Gasteiger partial charge >= 0.3 is 0 Å². The smallest absolute Gasteiger partial charge is 0.188 e. The number of rotatable bonds is 7. The lowest BCUT2D eigenvalue weighted by atomic mass is 10.1. The number of hydrogen-bond acceptors (Lipinski definition) is 2. The zero-order valence-corrected chi connectivity index (χ0v) is 14.1. The summed E-state index contributed by atoms with van der Waals surface area (Å²) in [4.78, 5) is 6.97. The van der Waals surface area contributed by atoms with Crippen LogP contribution in [0.3, 0.4) is 0 Å². The van der Waals surface area contributed by atoms with E-state index >= 15 is 0 Å². The van der Waals surface area contributed by atoms with E-state index in [1.165, 1.54) is 24.9 Å². The highest BCUT2D eigenvalue weighted by Gasteiger charge is 2.22. The van der Waals surface area contributed by atoms with Crippen molar-refractivity contribution in [3.63, 3.8) is 0 Å². The molecule has 1 aromatic carbocycles. The molecule has 1 aliphatic rings. The Labute approximate surface area is 138 Å². The maximum Gasteiger partial charge on any atom is 0.188 e. The molecule has 0 amide bonds. The lowest BCUT2D eigenvalue weighted by Crippen LogP contribution is -2.36. The third kappa shape index (κ3) is 5.50. The highest BCUT2D eigenvalue weighted by molar-refractivity contribution is 6.30. The van der Waals surface area contributed by atoms with Crippen LogP contribution in [-0.4, -0.2) is 43.1 Å². The van der Waals surface area contributed by atoms with Gasteiger partial charge in [-0.3, -0.25) is 9.89 Å². The number of nitrogens with one attached hydrogen (secondary N) is 1. The van der Waals surface area contributed by atoms with Gasteiger partial charge in [-0.05, 0) is 56.5 Å². The van der Waals surface area contributed by atoms with Crippen LogP contribution in [0.25, 0.3) is 0 Å².